The zero-order valence-electron chi connectivity index (χ0n) is 16.9. The molecule has 0 bridgehead atoms. The highest BCUT2D eigenvalue weighted by atomic mass is 19.3. The van der Waals surface area contributed by atoms with E-state index in [0.29, 0.717) is 11.5 Å². The molecule has 0 unspecified atom stereocenters. The van der Waals surface area contributed by atoms with Crippen molar-refractivity contribution in [3.63, 3.8) is 0 Å². The summed E-state index contributed by atoms with van der Waals surface area (Å²) in [4.78, 5) is 19.7. The molecule has 30 heavy (non-hydrogen) atoms. The molecule has 2 aromatic carbocycles. The molecule has 1 heterocycles. The Morgan fingerprint density at radius 3 is 2.43 bits per heavy atom. The Morgan fingerprint density at radius 1 is 1.13 bits per heavy atom. The molecule has 0 aromatic heterocycles. The molecule has 0 aliphatic carbocycles. The Kier molecular flexibility index (Phi) is 7.76. The minimum absolute atomic E-state index is 0.0716. The van der Waals surface area contributed by atoms with Gasteiger partial charge in [0.2, 0.25) is 6.10 Å². The number of oxime groups is 1. The summed E-state index contributed by atoms with van der Waals surface area (Å²) in [5, 5.41) is 3.86. The maximum atomic E-state index is 12.6. The molecule has 0 radical (unpaired) electrons. The normalized spacial score (nSPS) is 16.1. The molecule has 7 heteroatoms. The van der Waals surface area contributed by atoms with E-state index in [9.17, 15) is 13.6 Å². The molecule has 5 nitrogen and oxygen atoms in total. The summed E-state index contributed by atoms with van der Waals surface area (Å²) in [5.41, 5.74) is 1.99. The van der Waals surface area contributed by atoms with Crippen molar-refractivity contribution in [3.05, 3.63) is 65.7 Å². The number of nitrogens with zero attached hydrogens (tertiary/aromatic N) is 2. The summed E-state index contributed by atoms with van der Waals surface area (Å²) in [6.07, 6.45) is 3.74. The highest BCUT2D eigenvalue weighted by Gasteiger charge is 2.27. The first kappa shape index (κ1) is 21.7. The van der Waals surface area contributed by atoms with Crippen LogP contribution in [0.25, 0.3) is 0 Å². The predicted molar refractivity (Wildman–Crippen MR) is 111 cm³/mol. The number of hydrogen-bond acceptors (Lipinski definition) is 4. The van der Waals surface area contributed by atoms with E-state index >= 15 is 0 Å². The van der Waals surface area contributed by atoms with Crippen LogP contribution in [0.3, 0.4) is 0 Å². The van der Waals surface area contributed by atoms with Crippen LogP contribution in [0.1, 0.15) is 30.9 Å². The smallest absolute Gasteiger partial charge is 0.387 e. The van der Waals surface area contributed by atoms with Crippen LogP contribution in [0.15, 0.2) is 59.8 Å². The molecular weight excluding hydrogens is 390 g/mol. The molecule has 2 aromatic rings. The second-order valence-corrected chi connectivity index (χ2v) is 7.39. The van der Waals surface area contributed by atoms with Gasteiger partial charge in [-0.25, -0.2) is 0 Å². The van der Waals surface area contributed by atoms with Gasteiger partial charge >= 0.3 is 6.61 Å². The van der Waals surface area contributed by atoms with Gasteiger partial charge in [0.05, 0.1) is 6.21 Å². The fourth-order valence-corrected chi connectivity index (χ4v) is 3.53. The van der Waals surface area contributed by atoms with Crippen LogP contribution in [0, 0.1) is 5.92 Å². The molecule has 0 saturated carbocycles. The number of likely N-dealkylation sites (tertiary alicyclic amines) is 1. The molecule has 1 amide bonds. The van der Waals surface area contributed by atoms with Gasteiger partial charge in [-0.05, 0) is 67.5 Å². The van der Waals surface area contributed by atoms with Gasteiger partial charge in [-0.3, -0.25) is 4.79 Å². The van der Waals surface area contributed by atoms with E-state index in [2.05, 4.69) is 34.2 Å². The lowest BCUT2D eigenvalue weighted by molar-refractivity contribution is -0.144. The summed E-state index contributed by atoms with van der Waals surface area (Å²) in [6, 6.07) is 16.4. The van der Waals surface area contributed by atoms with Crippen LogP contribution in [-0.4, -0.2) is 42.8 Å². The number of rotatable bonds is 8. The summed E-state index contributed by atoms with van der Waals surface area (Å²) >= 11 is 0. The second-order valence-electron chi connectivity index (χ2n) is 7.39. The summed E-state index contributed by atoms with van der Waals surface area (Å²) in [6.45, 7) is 0.261. The Bertz CT molecular complexity index is 820. The third kappa shape index (κ3) is 6.54. The van der Waals surface area contributed by atoms with Crippen molar-refractivity contribution in [2.45, 2.75) is 38.9 Å². The molecule has 1 aliphatic rings. The van der Waals surface area contributed by atoms with Gasteiger partial charge in [0.1, 0.15) is 5.75 Å². The Labute approximate surface area is 175 Å². The number of amides is 1. The number of alkyl halides is 2. The van der Waals surface area contributed by atoms with Crippen molar-refractivity contribution in [1.29, 1.82) is 0 Å². The first-order valence-electron chi connectivity index (χ1n) is 10.1. The SMILES string of the molecule is C[C@H](O/N=C\c1ccc(OC(F)F)cc1)C(=O)N1CCC(Cc2ccccc2)CC1. The first-order chi connectivity index (χ1) is 14.5. The van der Waals surface area contributed by atoms with E-state index in [4.69, 9.17) is 4.84 Å². The molecular formula is C23H26F2N2O3. The topological polar surface area (TPSA) is 51.1 Å². The number of benzene rings is 2. The summed E-state index contributed by atoms with van der Waals surface area (Å²) < 4.78 is 28.6. The van der Waals surface area contributed by atoms with Crippen molar-refractivity contribution in [3.8, 4) is 5.75 Å². The van der Waals surface area contributed by atoms with Gasteiger partial charge < -0.3 is 14.5 Å². The van der Waals surface area contributed by atoms with Gasteiger partial charge in [0.15, 0.2) is 0 Å². The monoisotopic (exact) mass is 416 g/mol. The Morgan fingerprint density at radius 2 is 1.80 bits per heavy atom. The lowest BCUT2D eigenvalue weighted by Gasteiger charge is -2.33. The van der Waals surface area contributed by atoms with Gasteiger partial charge in [-0.2, -0.15) is 8.78 Å². The average molecular weight is 416 g/mol. The number of carbonyl (C=O) groups excluding carboxylic acids is 1. The van der Waals surface area contributed by atoms with E-state index in [1.807, 2.05) is 11.0 Å². The van der Waals surface area contributed by atoms with Crippen molar-refractivity contribution in [1.82, 2.24) is 4.90 Å². The van der Waals surface area contributed by atoms with E-state index in [1.165, 1.54) is 23.9 Å². The number of piperidine rings is 1. The molecule has 3 rings (SSSR count). The van der Waals surface area contributed by atoms with Gasteiger partial charge in [-0.15, -0.1) is 0 Å². The Hall–Kier alpha value is -2.96. The highest BCUT2D eigenvalue weighted by molar-refractivity contribution is 5.81. The largest absolute Gasteiger partial charge is 0.435 e. The standard InChI is InChI=1S/C23H26F2N2O3/c1-17(30-26-16-20-7-9-21(10-8-20)29-23(24)25)22(28)27-13-11-19(12-14-27)15-18-5-3-2-4-6-18/h2-10,16-17,19,23H,11-15H2,1H3/b26-16-/t17-/m0/s1. The van der Waals surface area contributed by atoms with Gasteiger partial charge in [0.25, 0.3) is 5.91 Å². The predicted octanol–water partition coefficient (Wildman–Crippen LogP) is 4.51. The van der Waals surface area contributed by atoms with E-state index in [1.54, 1.807) is 19.1 Å². The number of hydrogen-bond donors (Lipinski definition) is 0. The average Bonchev–Trinajstić information content (AvgIpc) is 2.75. The summed E-state index contributed by atoms with van der Waals surface area (Å²) in [7, 11) is 0. The zero-order valence-corrected chi connectivity index (χ0v) is 16.9. The van der Waals surface area contributed by atoms with Crippen molar-refractivity contribution < 1.29 is 23.1 Å². The molecule has 1 saturated heterocycles. The third-order valence-corrected chi connectivity index (χ3v) is 5.17. The van der Waals surface area contributed by atoms with Crippen molar-refractivity contribution in [2.24, 2.45) is 11.1 Å². The molecule has 0 spiro atoms. The third-order valence-electron chi connectivity index (χ3n) is 5.17. The van der Waals surface area contributed by atoms with Crippen LogP contribution in [0.4, 0.5) is 8.78 Å². The molecule has 1 fully saturated rings. The summed E-state index contributed by atoms with van der Waals surface area (Å²) in [5.74, 6) is 0.580. The molecule has 1 atom stereocenters. The van der Waals surface area contributed by atoms with Gasteiger partial charge in [0, 0.05) is 13.1 Å². The molecule has 1 aliphatic heterocycles. The minimum Gasteiger partial charge on any atom is -0.435 e. The van der Waals surface area contributed by atoms with Crippen LogP contribution in [0.2, 0.25) is 0 Å². The van der Waals surface area contributed by atoms with Crippen LogP contribution >= 0.6 is 0 Å². The van der Waals surface area contributed by atoms with E-state index < -0.39 is 12.7 Å². The Balaban J connectivity index is 1.42. The van der Waals surface area contributed by atoms with Crippen molar-refractivity contribution in [2.75, 3.05) is 13.1 Å². The highest BCUT2D eigenvalue weighted by Crippen LogP contribution is 2.22. The van der Waals surface area contributed by atoms with Crippen LogP contribution < -0.4 is 4.74 Å². The number of carbonyl (C=O) groups is 1. The lowest BCUT2D eigenvalue weighted by atomic mass is 9.90. The first-order valence-corrected chi connectivity index (χ1v) is 10.1. The fourth-order valence-electron chi connectivity index (χ4n) is 3.53. The minimum atomic E-state index is -2.86. The maximum absolute atomic E-state index is 12.6. The molecule has 160 valence electrons. The number of halogens is 2. The van der Waals surface area contributed by atoms with Crippen LogP contribution in [-0.2, 0) is 16.1 Å². The van der Waals surface area contributed by atoms with Crippen molar-refractivity contribution >= 4 is 12.1 Å². The maximum Gasteiger partial charge on any atom is 0.387 e. The quantitative estimate of drug-likeness (QED) is 0.470. The fraction of sp³-hybridized carbons (Fsp3) is 0.391. The van der Waals surface area contributed by atoms with Gasteiger partial charge in [-0.1, -0.05) is 35.5 Å². The lowest BCUT2D eigenvalue weighted by Crippen LogP contribution is -2.43. The molecule has 0 N–H and O–H groups in total. The van der Waals surface area contributed by atoms with E-state index in [-0.39, 0.29) is 11.7 Å². The van der Waals surface area contributed by atoms with Crippen LogP contribution in [0.5, 0.6) is 5.75 Å². The number of ether oxygens (including phenoxy) is 1. The second kappa shape index (κ2) is 10.7. The van der Waals surface area contributed by atoms with E-state index in [0.717, 1.165) is 32.4 Å². The zero-order chi connectivity index (χ0) is 21.3.